The minimum atomic E-state index is -0.121. The lowest BCUT2D eigenvalue weighted by atomic mass is 9.65. The number of allylic oxidation sites excluding steroid dienone is 1. The van der Waals surface area contributed by atoms with E-state index in [1.807, 2.05) is 0 Å². The molecule has 0 bridgehead atoms. The van der Waals surface area contributed by atoms with Crippen LogP contribution in [0, 0.1) is 5.41 Å². The summed E-state index contributed by atoms with van der Waals surface area (Å²) in [4.78, 5) is 0. The Kier molecular flexibility index (Phi) is 1.99. The van der Waals surface area contributed by atoms with Crippen molar-refractivity contribution in [1.82, 2.24) is 0 Å². The van der Waals surface area contributed by atoms with E-state index in [1.54, 1.807) is 0 Å². The molecule has 1 nitrogen and oxygen atoms in total. The quantitative estimate of drug-likeness (QED) is 0.548. The molecule has 0 aromatic carbocycles. The summed E-state index contributed by atoms with van der Waals surface area (Å²) in [6, 6.07) is 0. The van der Waals surface area contributed by atoms with Crippen LogP contribution in [-0.4, -0.2) is 11.2 Å². The maximum atomic E-state index is 9.80. The van der Waals surface area contributed by atoms with Gasteiger partial charge in [-0.15, -0.1) is 0 Å². The van der Waals surface area contributed by atoms with Crippen molar-refractivity contribution in [2.45, 2.75) is 51.6 Å². The lowest BCUT2D eigenvalue weighted by Gasteiger charge is -2.42. The molecule has 2 atom stereocenters. The van der Waals surface area contributed by atoms with Crippen LogP contribution in [0.15, 0.2) is 11.6 Å². The van der Waals surface area contributed by atoms with Gasteiger partial charge in [0.15, 0.2) is 0 Å². The summed E-state index contributed by atoms with van der Waals surface area (Å²) >= 11 is 0. The van der Waals surface area contributed by atoms with Gasteiger partial charge >= 0.3 is 0 Å². The molecule has 2 aliphatic carbocycles. The molecule has 0 aromatic heterocycles. The first-order valence-electron chi connectivity index (χ1n) is 5.11. The number of aliphatic hydroxyl groups is 1. The largest absolute Gasteiger partial charge is 0.389 e. The van der Waals surface area contributed by atoms with Gasteiger partial charge < -0.3 is 5.11 Å². The molecule has 1 N–H and O–H groups in total. The highest BCUT2D eigenvalue weighted by molar-refractivity contribution is 5.22. The molecule has 2 aliphatic rings. The van der Waals surface area contributed by atoms with Crippen molar-refractivity contribution < 1.29 is 5.11 Å². The second kappa shape index (κ2) is 2.88. The average molecular weight is 166 g/mol. The van der Waals surface area contributed by atoms with Gasteiger partial charge in [0.2, 0.25) is 0 Å². The van der Waals surface area contributed by atoms with Gasteiger partial charge in [-0.1, -0.05) is 13.0 Å². The molecule has 1 saturated carbocycles. The lowest BCUT2D eigenvalue weighted by Crippen LogP contribution is -2.33. The van der Waals surface area contributed by atoms with Gasteiger partial charge in [0, 0.05) is 0 Å². The Bertz CT molecular complexity index is 207. The fraction of sp³-hybridized carbons (Fsp3) is 0.818. The third-order valence-corrected chi connectivity index (χ3v) is 3.56. The highest BCUT2D eigenvalue weighted by atomic mass is 16.3. The van der Waals surface area contributed by atoms with Crippen LogP contribution in [0.1, 0.15) is 45.4 Å². The van der Waals surface area contributed by atoms with Gasteiger partial charge in [0.25, 0.3) is 0 Å². The van der Waals surface area contributed by atoms with Gasteiger partial charge in [-0.25, -0.2) is 0 Å². The zero-order chi connectivity index (χ0) is 8.60. The van der Waals surface area contributed by atoms with E-state index in [1.165, 1.54) is 37.7 Å². The van der Waals surface area contributed by atoms with Gasteiger partial charge in [0.1, 0.15) is 0 Å². The number of fused-ring (bicyclic) bond motifs is 1. The van der Waals surface area contributed by atoms with Crippen molar-refractivity contribution in [1.29, 1.82) is 0 Å². The molecule has 0 aliphatic heterocycles. The number of aliphatic hydroxyl groups excluding tert-OH is 1. The van der Waals surface area contributed by atoms with Crippen molar-refractivity contribution in [3.05, 3.63) is 11.6 Å². The van der Waals surface area contributed by atoms with Crippen LogP contribution in [0.25, 0.3) is 0 Å². The summed E-state index contributed by atoms with van der Waals surface area (Å²) in [5.74, 6) is 0. The maximum Gasteiger partial charge on any atom is 0.0755 e. The minimum Gasteiger partial charge on any atom is -0.389 e. The first kappa shape index (κ1) is 8.31. The van der Waals surface area contributed by atoms with Crippen LogP contribution in [0.5, 0.6) is 0 Å². The number of hydrogen-bond acceptors (Lipinski definition) is 1. The molecule has 0 unspecified atom stereocenters. The predicted octanol–water partition coefficient (Wildman–Crippen LogP) is 2.65. The van der Waals surface area contributed by atoms with Crippen LogP contribution >= 0.6 is 0 Å². The van der Waals surface area contributed by atoms with Crippen LogP contribution in [0.4, 0.5) is 0 Å². The van der Waals surface area contributed by atoms with Gasteiger partial charge in [-0.05, 0) is 49.5 Å². The summed E-state index contributed by atoms with van der Waals surface area (Å²) in [5.41, 5.74) is 1.70. The van der Waals surface area contributed by atoms with E-state index in [-0.39, 0.29) is 6.10 Å². The monoisotopic (exact) mass is 166 g/mol. The fourth-order valence-corrected chi connectivity index (χ4v) is 2.79. The summed E-state index contributed by atoms with van der Waals surface area (Å²) in [5, 5.41) is 9.80. The van der Waals surface area contributed by atoms with Crippen molar-refractivity contribution in [3.8, 4) is 0 Å². The summed E-state index contributed by atoms with van der Waals surface area (Å²) in [7, 11) is 0. The Morgan fingerprint density at radius 3 is 2.92 bits per heavy atom. The van der Waals surface area contributed by atoms with E-state index in [2.05, 4.69) is 13.0 Å². The Labute approximate surface area is 74.5 Å². The fourth-order valence-electron chi connectivity index (χ4n) is 2.79. The highest BCUT2D eigenvalue weighted by Gasteiger charge is 2.37. The molecule has 0 spiro atoms. The standard InChI is InChI=1S/C11H18O/c1-11-7-3-2-5-9(11)10(12)6-4-8-11/h5,10,12H,2-4,6-8H2,1H3/t10-,11+/m0/s1. The first-order valence-corrected chi connectivity index (χ1v) is 5.11. The van der Waals surface area contributed by atoms with E-state index in [0.717, 1.165) is 6.42 Å². The first-order chi connectivity index (χ1) is 5.72. The maximum absolute atomic E-state index is 9.80. The molecule has 1 fully saturated rings. The summed E-state index contributed by atoms with van der Waals surface area (Å²) in [6.45, 7) is 2.32. The highest BCUT2D eigenvalue weighted by Crippen LogP contribution is 2.46. The molecule has 1 heteroatoms. The second-order valence-corrected chi connectivity index (χ2v) is 4.52. The Hall–Kier alpha value is -0.300. The van der Waals surface area contributed by atoms with Crippen LogP contribution in [-0.2, 0) is 0 Å². The minimum absolute atomic E-state index is 0.121. The van der Waals surface area contributed by atoms with Crippen molar-refractivity contribution in [2.75, 3.05) is 0 Å². The second-order valence-electron chi connectivity index (χ2n) is 4.52. The lowest BCUT2D eigenvalue weighted by molar-refractivity contribution is 0.115. The average Bonchev–Trinajstić information content (AvgIpc) is 2.04. The van der Waals surface area contributed by atoms with Crippen LogP contribution < -0.4 is 0 Å². The predicted molar refractivity (Wildman–Crippen MR) is 49.9 cm³/mol. The molecule has 0 saturated heterocycles. The van der Waals surface area contributed by atoms with Crippen molar-refractivity contribution in [2.24, 2.45) is 5.41 Å². The van der Waals surface area contributed by atoms with E-state index in [0.29, 0.717) is 5.41 Å². The number of hydrogen-bond donors (Lipinski definition) is 1. The summed E-state index contributed by atoms with van der Waals surface area (Å²) < 4.78 is 0. The molecule has 2 rings (SSSR count). The zero-order valence-corrected chi connectivity index (χ0v) is 7.84. The third-order valence-electron chi connectivity index (χ3n) is 3.56. The molecule has 0 radical (unpaired) electrons. The normalized spacial score (nSPS) is 41.8. The molecule has 68 valence electrons. The van der Waals surface area contributed by atoms with E-state index in [9.17, 15) is 5.11 Å². The Morgan fingerprint density at radius 2 is 2.17 bits per heavy atom. The molecule has 0 heterocycles. The molecular formula is C11H18O. The van der Waals surface area contributed by atoms with E-state index in [4.69, 9.17) is 0 Å². The summed E-state index contributed by atoms with van der Waals surface area (Å²) in [6.07, 6.45) is 9.42. The van der Waals surface area contributed by atoms with Crippen LogP contribution in [0.3, 0.4) is 0 Å². The zero-order valence-electron chi connectivity index (χ0n) is 7.84. The SMILES string of the molecule is C[C@]12CCCC=C1[C@@H](O)CCC2. The molecular weight excluding hydrogens is 148 g/mol. The molecule has 0 aromatic rings. The van der Waals surface area contributed by atoms with Crippen molar-refractivity contribution in [3.63, 3.8) is 0 Å². The third kappa shape index (κ3) is 1.20. The van der Waals surface area contributed by atoms with Gasteiger partial charge in [-0.3, -0.25) is 0 Å². The van der Waals surface area contributed by atoms with E-state index >= 15 is 0 Å². The smallest absolute Gasteiger partial charge is 0.0755 e. The topological polar surface area (TPSA) is 20.2 Å². The Morgan fingerprint density at radius 1 is 1.42 bits per heavy atom. The van der Waals surface area contributed by atoms with Crippen molar-refractivity contribution >= 4 is 0 Å². The molecule has 12 heavy (non-hydrogen) atoms. The Balaban J connectivity index is 2.27. The number of rotatable bonds is 0. The van der Waals surface area contributed by atoms with Crippen LogP contribution in [0.2, 0.25) is 0 Å². The van der Waals surface area contributed by atoms with E-state index < -0.39 is 0 Å². The molecule has 0 amide bonds. The van der Waals surface area contributed by atoms with Gasteiger partial charge in [0.05, 0.1) is 6.10 Å². The van der Waals surface area contributed by atoms with Gasteiger partial charge in [-0.2, -0.15) is 0 Å².